The zero-order chi connectivity index (χ0) is 18.8. The summed E-state index contributed by atoms with van der Waals surface area (Å²) >= 11 is 0. The molecule has 0 fully saturated rings. The largest absolute Gasteiger partial charge is 0.368 e. The van der Waals surface area contributed by atoms with Crippen molar-refractivity contribution in [2.24, 2.45) is 5.73 Å². The highest BCUT2D eigenvalue weighted by Crippen LogP contribution is 2.28. The molecule has 0 aliphatic heterocycles. The number of amides is 1. The van der Waals surface area contributed by atoms with Crippen LogP contribution in [0.4, 0.5) is 11.4 Å². The predicted molar refractivity (Wildman–Crippen MR) is 92.7 cm³/mol. The quantitative estimate of drug-likeness (QED) is 0.620. The fourth-order valence-corrected chi connectivity index (χ4v) is 3.95. The molecule has 0 saturated carbocycles. The maximum absolute atomic E-state index is 13.0. The summed E-state index contributed by atoms with van der Waals surface area (Å²) in [6, 6.07) is 9.70. The van der Waals surface area contributed by atoms with Crippen LogP contribution in [0.25, 0.3) is 0 Å². The number of benzene rings is 2. The lowest BCUT2D eigenvalue weighted by molar-refractivity contribution is -0.385. The molecule has 132 valence electrons. The van der Waals surface area contributed by atoms with E-state index >= 15 is 0 Å². The molecule has 2 aromatic rings. The second kappa shape index (κ2) is 6.89. The molecule has 0 aliphatic rings. The van der Waals surface area contributed by atoms with Crippen molar-refractivity contribution in [2.45, 2.75) is 18.7 Å². The average Bonchev–Trinajstić information content (AvgIpc) is 2.53. The Balaban J connectivity index is 2.62. The van der Waals surface area contributed by atoms with Crippen molar-refractivity contribution in [1.29, 1.82) is 0 Å². The van der Waals surface area contributed by atoms with Gasteiger partial charge in [0.1, 0.15) is 6.54 Å². The minimum absolute atomic E-state index is 0.288. The van der Waals surface area contributed by atoms with Crippen LogP contribution in [0.3, 0.4) is 0 Å². The number of rotatable bonds is 6. The van der Waals surface area contributed by atoms with E-state index in [-0.39, 0.29) is 16.3 Å². The summed E-state index contributed by atoms with van der Waals surface area (Å²) in [7, 11) is -4.21. The molecule has 0 bridgehead atoms. The van der Waals surface area contributed by atoms with Crippen LogP contribution in [0.15, 0.2) is 47.4 Å². The Morgan fingerprint density at radius 3 is 2.44 bits per heavy atom. The number of non-ortho nitro benzene ring substituents is 1. The molecule has 2 aromatic carbocycles. The molecular weight excluding hydrogens is 346 g/mol. The van der Waals surface area contributed by atoms with Crippen molar-refractivity contribution in [3.8, 4) is 0 Å². The summed E-state index contributed by atoms with van der Waals surface area (Å²) in [6.07, 6.45) is 0. The van der Waals surface area contributed by atoms with Gasteiger partial charge >= 0.3 is 0 Å². The lowest BCUT2D eigenvalue weighted by atomic mass is 10.1. The molecule has 2 rings (SSSR count). The Bertz CT molecular complexity index is 941. The van der Waals surface area contributed by atoms with Crippen molar-refractivity contribution in [3.05, 3.63) is 63.7 Å². The molecule has 0 aromatic heterocycles. The zero-order valence-electron chi connectivity index (χ0n) is 13.7. The third-order valence-electron chi connectivity index (χ3n) is 3.54. The Morgan fingerprint density at radius 1 is 1.20 bits per heavy atom. The van der Waals surface area contributed by atoms with Gasteiger partial charge in [-0.15, -0.1) is 0 Å². The van der Waals surface area contributed by atoms with Gasteiger partial charge in [0, 0.05) is 12.1 Å². The summed E-state index contributed by atoms with van der Waals surface area (Å²) in [4.78, 5) is 21.4. The van der Waals surface area contributed by atoms with E-state index in [0.717, 1.165) is 15.9 Å². The van der Waals surface area contributed by atoms with Gasteiger partial charge in [-0.05, 0) is 31.5 Å². The van der Waals surface area contributed by atoms with Crippen LogP contribution in [-0.2, 0) is 14.8 Å². The highest BCUT2D eigenvalue weighted by atomic mass is 32.2. The third kappa shape index (κ3) is 3.94. The molecule has 0 radical (unpaired) electrons. The standard InChI is InChI=1S/C16H17N3O5S/c1-11-6-7-15(12(2)8-11)18(10-16(17)20)25(23,24)14-5-3-4-13(9-14)19(21)22/h3-9H,10H2,1-2H3,(H2,17,20). The van der Waals surface area contributed by atoms with Gasteiger partial charge in [0.2, 0.25) is 5.91 Å². The maximum Gasteiger partial charge on any atom is 0.270 e. The van der Waals surface area contributed by atoms with Gasteiger partial charge in [-0.3, -0.25) is 19.2 Å². The minimum Gasteiger partial charge on any atom is -0.368 e. The number of nitro benzene ring substituents is 1. The van der Waals surface area contributed by atoms with E-state index < -0.39 is 27.4 Å². The number of anilines is 1. The summed E-state index contributed by atoms with van der Waals surface area (Å²) in [6.45, 7) is 2.98. The third-order valence-corrected chi connectivity index (χ3v) is 5.29. The molecule has 0 unspecified atom stereocenters. The van der Waals surface area contributed by atoms with Gasteiger partial charge in [-0.25, -0.2) is 8.42 Å². The smallest absolute Gasteiger partial charge is 0.270 e. The van der Waals surface area contributed by atoms with Gasteiger partial charge < -0.3 is 5.73 Å². The van der Waals surface area contributed by atoms with Crippen molar-refractivity contribution in [3.63, 3.8) is 0 Å². The fraction of sp³-hybridized carbons (Fsp3) is 0.188. The first-order valence-electron chi connectivity index (χ1n) is 7.25. The number of aryl methyl sites for hydroxylation is 2. The van der Waals surface area contributed by atoms with Crippen LogP contribution in [0, 0.1) is 24.0 Å². The molecular formula is C16H17N3O5S. The van der Waals surface area contributed by atoms with Crippen molar-refractivity contribution in [1.82, 2.24) is 0 Å². The number of hydrogen-bond donors (Lipinski definition) is 1. The highest BCUT2D eigenvalue weighted by Gasteiger charge is 2.28. The molecule has 1 amide bonds. The minimum atomic E-state index is -4.21. The van der Waals surface area contributed by atoms with E-state index in [1.165, 1.54) is 18.2 Å². The fourth-order valence-electron chi connectivity index (χ4n) is 2.41. The molecule has 8 nitrogen and oxygen atoms in total. The van der Waals surface area contributed by atoms with Crippen LogP contribution >= 0.6 is 0 Å². The SMILES string of the molecule is Cc1ccc(N(CC(N)=O)S(=O)(=O)c2cccc([N+](=O)[O-])c2)c(C)c1. The van der Waals surface area contributed by atoms with Crippen LogP contribution in [0.5, 0.6) is 0 Å². The first-order chi connectivity index (χ1) is 11.6. The molecule has 2 N–H and O–H groups in total. The second-order valence-electron chi connectivity index (χ2n) is 5.52. The molecule has 9 heteroatoms. The van der Waals surface area contributed by atoms with Crippen LogP contribution < -0.4 is 10.0 Å². The number of sulfonamides is 1. The average molecular weight is 363 g/mol. The lowest BCUT2D eigenvalue weighted by Gasteiger charge is -2.25. The van der Waals surface area contributed by atoms with E-state index in [1.54, 1.807) is 25.1 Å². The Kier molecular flexibility index (Phi) is 5.07. The van der Waals surface area contributed by atoms with Crippen molar-refractivity contribution in [2.75, 3.05) is 10.8 Å². The normalized spacial score (nSPS) is 11.1. The van der Waals surface area contributed by atoms with E-state index in [2.05, 4.69) is 0 Å². The molecule has 0 heterocycles. The molecule has 0 saturated heterocycles. The highest BCUT2D eigenvalue weighted by molar-refractivity contribution is 7.92. The van der Waals surface area contributed by atoms with Gasteiger partial charge in [0.05, 0.1) is 15.5 Å². The van der Waals surface area contributed by atoms with E-state index in [1.807, 2.05) is 6.92 Å². The molecule has 25 heavy (non-hydrogen) atoms. The number of nitro groups is 1. The Morgan fingerprint density at radius 2 is 1.88 bits per heavy atom. The van der Waals surface area contributed by atoms with Gasteiger partial charge in [0.25, 0.3) is 15.7 Å². The van der Waals surface area contributed by atoms with E-state index in [4.69, 9.17) is 5.73 Å². The zero-order valence-corrected chi connectivity index (χ0v) is 14.5. The molecule has 0 aliphatic carbocycles. The summed E-state index contributed by atoms with van der Waals surface area (Å²) in [5.74, 6) is -0.839. The number of carbonyl (C=O) groups excluding carboxylic acids is 1. The van der Waals surface area contributed by atoms with Crippen molar-refractivity contribution < 1.29 is 18.1 Å². The summed E-state index contributed by atoms with van der Waals surface area (Å²) in [5, 5.41) is 10.9. The van der Waals surface area contributed by atoms with Gasteiger partial charge in [-0.2, -0.15) is 0 Å². The lowest BCUT2D eigenvalue weighted by Crippen LogP contribution is -2.39. The summed E-state index contributed by atoms with van der Waals surface area (Å²) in [5.41, 5.74) is 6.70. The van der Waals surface area contributed by atoms with Crippen molar-refractivity contribution >= 4 is 27.3 Å². The monoisotopic (exact) mass is 363 g/mol. The first kappa shape index (κ1) is 18.4. The Labute approximate surface area is 145 Å². The number of nitrogens with zero attached hydrogens (tertiary/aromatic N) is 2. The number of primary amides is 1. The topological polar surface area (TPSA) is 124 Å². The predicted octanol–water partition coefficient (Wildman–Crippen LogP) is 1.89. The second-order valence-corrected chi connectivity index (χ2v) is 7.38. The van der Waals surface area contributed by atoms with Gasteiger partial charge in [0.15, 0.2) is 0 Å². The number of nitrogens with two attached hydrogens (primary N) is 1. The van der Waals surface area contributed by atoms with Gasteiger partial charge in [-0.1, -0.05) is 23.8 Å². The maximum atomic E-state index is 13.0. The number of carbonyl (C=O) groups is 1. The van der Waals surface area contributed by atoms with Crippen LogP contribution in [0.1, 0.15) is 11.1 Å². The van der Waals surface area contributed by atoms with E-state index in [9.17, 15) is 23.3 Å². The molecule has 0 atom stereocenters. The van der Waals surface area contributed by atoms with Crippen LogP contribution in [0.2, 0.25) is 0 Å². The molecule has 0 spiro atoms. The number of hydrogen-bond acceptors (Lipinski definition) is 5. The Hall–Kier alpha value is -2.94. The van der Waals surface area contributed by atoms with E-state index in [0.29, 0.717) is 5.56 Å². The van der Waals surface area contributed by atoms with Crippen LogP contribution in [-0.4, -0.2) is 25.8 Å². The summed E-state index contributed by atoms with van der Waals surface area (Å²) < 4.78 is 26.8. The first-order valence-corrected chi connectivity index (χ1v) is 8.69.